The largest absolute Gasteiger partial charge is 0.444 e. The maximum absolute atomic E-state index is 12.9. The van der Waals surface area contributed by atoms with Crippen molar-refractivity contribution in [2.24, 2.45) is 0 Å². The Balaban J connectivity index is 1.50. The number of sulfonamides is 1. The van der Waals surface area contributed by atoms with E-state index < -0.39 is 21.7 Å². The van der Waals surface area contributed by atoms with Crippen LogP contribution in [0.4, 0.5) is 4.79 Å². The molecule has 8 nitrogen and oxygen atoms in total. The summed E-state index contributed by atoms with van der Waals surface area (Å²) < 4.78 is 32.5. The second-order valence-electron chi connectivity index (χ2n) is 9.66. The van der Waals surface area contributed by atoms with Crippen LogP contribution in [0.25, 0.3) is 0 Å². The summed E-state index contributed by atoms with van der Waals surface area (Å²) in [5.41, 5.74) is 0.360. The molecule has 1 saturated carbocycles. The summed E-state index contributed by atoms with van der Waals surface area (Å²) >= 11 is 0. The summed E-state index contributed by atoms with van der Waals surface area (Å²) in [4.78, 5) is 27.0. The Kier molecular flexibility index (Phi) is 7.82. The number of likely N-dealkylation sites (tertiary alicyclic amines) is 1. The molecule has 2 fully saturated rings. The van der Waals surface area contributed by atoms with Crippen LogP contribution in [0.3, 0.4) is 0 Å². The monoisotopic (exact) mass is 465 g/mol. The van der Waals surface area contributed by atoms with Crippen molar-refractivity contribution < 1.29 is 22.7 Å². The van der Waals surface area contributed by atoms with E-state index in [1.54, 1.807) is 24.3 Å². The summed E-state index contributed by atoms with van der Waals surface area (Å²) in [7, 11) is -3.46. The van der Waals surface area contributed by atoms with E-state index in [9.17, 15) is 18.0 Å². The maximum Gasteiger partial charge on any atom is 0.407 e. The van der Waals surface area contributed by atoms with Gasteiger partial charge in [0.15, 0.2) is 0 Å². The fourth-order valence-corrected chi connectivity index (χ4v) is 5.08. The number of piperidine rings is 1. The van der Waals surface area contributed by atoms with E-state index in [0.717, 1.165) is 37.7 Å². The van der Waals surface area contributed by atoms with Crippen LogP contribution < -0.4 is 10.0 Å². The predicted molar refractivity (Wildman–Crippen MR) is 122 cm³/mol. The number of amides is 2. The Morgan fingerprint density at radius 2 is 1.78 bits per heavy atom. The summed E-state index contributed by atoms with van der Waals surface area (Å²) in [6.07, 6.45) is 5.02. The molecule has 1 unspecified atom stereocenters. The van der Waals surface area contributed by atoms with Crippen molar-refractivity contribution in [1.29, 1.82) is 0 Å². The average molecular weight is 466 g/mol. The van der Waals surface area contributed by atoms with E-state index in [1.165, 1.54) is 0 Å². The first kappa shape index (κ1) is 24.5. The van der Waals surface area contributed by atoms with Gasteiger partial charge >= 0.3 is 6.09 Å². The second-order valence-corrected chi connectivity index (χ2v) is 11.4. The molecule has 0 spiro atoms. The molecule has 178 valence electrons. The number of alkyl carbamates (subject to hydrolysis) is 1. The number of benzene rings is 1. The molecule has 0 bridgehead atoms. The smallest absolute Gasteiger partial charge is 0.407 e. The van der Waals surface area contributed by atoms with Gasteiger partial charge in [0.1, 0.15) is 5.60 Å². The number of nitrogens with zero attached hydrogens (tertiary/aromatic N) is 1. The van der Waals surface area contributed by atoms with Crippen molar-refractivity contribution >= 4 is 22.0 Å². The van der Waals surface area contributed by atoms with E-state index in [1.807, 2.05) is 25.7 Å². The Hall–Kier alpha value is -2.13. The third-order valence-corrected chi connectivity index (χ3v) is 7.13. The number of aryl methyl sites for hydroxylation is 1. The summed E-state index contributed by atoms with van der Waals surface area (Å²) in [5.74, 6) is 0.0489. The molecule has 3 rings (SSSR count). The molecule has 1 aromatic carbocycles. The van der Waals surface area contributed by atoms with Crippen molar-refractivity contribution in [1.82, 2.24) is 14.9 Å². The van der Waals surface area contributed by atoms with E-state index in [4.69, 9.17) is 4.74 Å². The minimum absolute atomic E-state index is 0.0372. The summed E-state index contributed by atoms with van der Waals surface area (Å²) in [6, 6.07) is 6.76. The van der Waals surface area contributed by atoms with E-state index in [-0.39, 0.29) is 22.9 Å². The van der Waals surface area contributed by atoms with E-state index in [0.29, 0.717) is 25.9 Å². The number of rotatable bonds is 8. The highest BCUT2D eigenvalue weighted by Gasteiger charge is 2.29. The van der Waals surface area contributed by atoms with E-state index in [2.05, 4.69) is 10.0 Å². The zero-order chi connectivity index (χ0) is 23.4. The molecular formula is C23H35N3O5S. The highest BCUT2D eigenvalue weighted by Crippen LogP contribution is 2.23. The molecule has 9 heteroatoms. The summed E-state index contributed by atoms with van der Waals surface area (Å²) in [5, 5.41) is 2.79. The Morgan fingerprint density at radius 1 is 1.09 bits per heavy atom. The van der Waals surface area contributed by atoms with Gasteiger partial charge < -0.3 is 15.0 Å². The van der Waals surface area contributed by atoms with Gasteiger partial charge in [0.2, 0.25) is 15.9 Å². The Labute approximate surface area is 191 Å². The highest BCUT2D eigenvalue weighted by atomic mass is 32.2. The van der Waals surface area contributed by atoms with Gasteiger partial charge in [-0.1, -0.05) is 12.1 Å². The molecule has 1 aromatic rings. The molecule has 1 saturated heterocycles. The van der Waals surface area contributed by atoms with Gasteiger partial charge in [-0.25, -0.2) is 17.9 Å². The maximum atomic E-state index is 12.9. The van der Waals surface area contributed by atoms with Gasteiger partial charge in [-0.15, -0.1) is 0 Å². The minimum Gasteiger partial charge on any atom is -0.444 e. The van der Waals surface area contributed by atoms with Gasteiger partial charge in [-0.05, 0) is 77.0 Å². The molecular weight excluding hydrogens is 430 g/mol. The zero-order valence-electron chi connectivity index (χ0n) is 19.2. The molecule has 1 aliphatic heterocycles. The number of hydrogen-bond donors (Lipinski definition) is 2. The van der Waals surface area contributed by atoms with Crippen LogP contribution in [0.5, 0.6) is 0 Å². The zero-order valence-corrected chi connectivity index (χ0v) is 20.0. The third kappa shape index (κ3) is 7.48. The number of ether oxygens (including phenoxy) is 1. The van der Waals surface area contributed by atoms with Gasteiger partial charge in [-0.3, -0.25) is 4.79 Å². The van der Waals surface area contributed by atoms with Gasteiger partial charge in [0, 0.05) is 31.6 Å². The molecule has 0 radical (unpaired) electrons. The second kappa shape index (κ2) is 10.2. The lowest BCUT2D eigenvalue weighted by molar-refractivity contribution is -0.134. The van der Waals surface area contributed by atoms with Crippen molar-refractivity contribution in [2.75, 3.05) is 13.1 Å². The topological polar surface area (TPSA) is 105 Å². The first-order chi connectivity index (χ1) is 15.0. The van der Waals surface area contributed by atoms with Crippen LogP contribution in [0, 0.1) is 0 Å². The van der Waals surface area contributed by atoms with Crippen molar-refractivity contribution in [3.8, 4) is 0 Å². The minimum atomic E-state index is -3.46. The standard InChI is InChI=1S/C23H35N3O5S/c1-23(2,3)31-22(28)24-16-19-6-4-5-15-26(19)21(27)14-9-17-7-12-20(13-8-17)32(29,30)25-18-10-11-18/h7-8,12-13,18-19,25H,4-6,9-11,14-16H2,1-3H3,(H,24,28). The Bertz CT molecular complexity index is 905. The Morgan fingerprint density at radius 3 is 2.41 bits per heavy atom. The molecule has 1 atom stereocenters. The van der Waals surface area contributed by atoms with Gasteiger partial charge in [0.25, 0.3) is 0 Å². The number of carbonyl (C=O) groups is 2. The molecule has 1 aliphatic carbocycles. The fraction of sp³-hybridized carbons (Fsp3) is 0.652. The van der Waals surface area contributed by atoms with Crippen molar-refractivity contribution in [3.05, 3.63) is 29.8 Å². The van der Waals surface area contributed by atoms with Gasteiger partial charge in [0.05, 0.1) is 4.90 Å². The molecule has 1 heterocycles. The van der Waals surface area contributed by atoms with Crippen LogP contribution in [0.2, 0.25) is 0 Å². The molecule has 0 aromatic heterocycles. The quantitative estimate of drug-likeness (QED) is 0.614. The molecule has 32 heavy (non-hydrogen) atoms. The SMILES string of the molecule is CC(C)(C)OC(=O)NCC1CCCCN1C(=O)CCc1ccc(S(=O)(=O)NC2CC2)cc1. The van der Waals surface area contributed by atoms with Crippen molar-refractivity contribution in [2.45, 2.75) is 88.3 Å². The van der Waals surface area contributed by atoms with Crippen LogP contribution in [-0.4, -0.2) is 56.1 Å². The predicted octanol–water partition coefficient (Wildman–Crippen LogP) is 2.97. The lowest BCUT2D eigenvalue weighted by Crippen LogP contribution is -2.50. The summed E-state index contributed by atoms with van der Waals surface area (Å²) in [6.45, 7) is 6.50. The lowest BCUT2D eigenvalue weighted by atomic mass is 10.0. The number of carbonyl (C=O) groups excluding carboxylic acids is 2. The molecule has 2 N–H and O–H groups in total. The van der Waals surface area contributed by atoms with Crippen LogP contribution in [0.15, 0.2) is 29.2 Å². The van der Waals surface area contributed by atoms with Crippen LogP contribution in [0.1, 0.15) is 64.9 Å². The number of hydrogen-bond acceptors (Lipinski definition) is 5. The molecule has 2 amide bonds. The molecule has 2 aliphatic rings. The van der Waals surface area contributed by atoms with Gasteiger partial charge in [-0.2, -0.15) is 0 Å². The normalized spacial score (nSPS) is 19.5. The number of nitrogens with one attached hydrogen (secondary N) is 2. The fourth-order valence-electron chi connectivity index (χ4n) is 3.78. The first-order valence-electron chi connectivity index (χ1n) is 11.4. The van der Waals surface area contributed by atoms with E-state index >= 15 is 0 Å². The van der Waals surface area contributed by atoms with Crippen LogP contribution >= 0.6 is 0 Å². The van der Waals surface area contributed by atoms with Crippen LogP contribution in [-0.2, 0) is 26.0 Å². The first-order valence-corrected chi connectivity index (χ1v) is 12.9. The third-order valence-electron chi connectivity index (χ3n) is 5.59. The average Bonchev–Trinajstić information content (AvgIpc) is 3.53. The highest BCUT2D eigenvalue weighted by molar-refractivity contribution is 7.89. The lowest BCUT2D eigenvalue weighted by Gasteiger charge is -2.36. The van der Waals surface area contributed by atoms with Crippen molar-refractivity contribution in [3.63, 3.8) is 0 Å².